The minimum Gasteiger partial charge on any atom is -0.348 e. The first-order chi connectivity index (χ1) is 16.4. The zero-order valence-electron chi connectivity index (χ0n) is 18.0. The van der Waals surface area contributed by atoms with Crippen LogP contribution in [0.3, 0.4) is 0 Å². The Labute approximate surface area is 195 Å². The number of benzene rings is 2. The van der Waals surface area contributed by atoms with Crippen molar-refractivity contribution in [2.45, 2.75) is 23.3 Å². The first-order valence-corrected chi connectivity index (χ1v) is 11.9. The maximum absolute atomic E-state index is 13.2. The number of aromatic nitrogens is 3. The molecule has 0 saturated heterocycles. The van der Waals surface area contributed by atoms with Crippen molar-refractivity contribution in [3.8, 4) is 5.82 Å². The third-order valence-corrected chi connectivity index (χ3v) is 7.45. The van der Waals surface area contributed by atoms with Crippen molar-refractivity contribution in [2.24, 2.45) is 0 Å². The molecule has 2 amide bonds. The van der Waals surface area contributed by atoms with Gasteiger partial charge in [0, 0.05) is 30.1 Å². The van der Waals surface area contributed by atoms with Crippen LogP contribution in [0.4, 0.5) is 5.69 Å². The highest BCUT2D eigenvalue weighted by atomic mass is 32.2. The summed E-state index contributed by atoms with van der Waals surface area (Å²) in [5, 5.41) is 9.75. The number of rotatable bonds is 4. The number of fused-ring (bicyclic) bond motifs is 2. The molecular formula is C24H19N5O4S. The first kappa shape index (κ1) is 21.5. The molecule has 170 valence electrons. The average Bonchev–Trinajstić information content (AvgIpc) is 3.30. The van der Waals surface area contributed by atoms with Gasteiger partial charge in [0.05, 0.1) is 27.2 Å². The molecule has 0 fully saturated rings. The lowest BCUT2D eigenvalue weighted by molar-refractivity contribution is 0.0948. The van der Waals surface area contributed by atoms with Gasteiger partial charge in [0.25, 0.3) is 11.8 Å². The molecule has 0 unspecified atom stereocenters. The number of amides is 2. The second-order valence-corrected chi connectivity index (χ2v) is 9.62. The van der Waals surface area contributed by atoms with Crippen molar-refractivity contribution in [3.63, 3.8) is 0 Å². The Morgan fingerprint density at radius 2 is 1.85 bits per heavy atom. The summed E-state index contributed by atoms with van der Waals surface area (Å²) >= 11 is 0. The third-order valence-electron chi connectivity index (χ3n) is 5.59. The highest BCUT2D eigenvalue weighted by Crippen LogP contribution is 2.36. The molecule has 3 heterocycles. The molecule has 1 aliphatic rings. The topological polar surface area (TPSA) is 123 Å². The van der Waals surface area contributed by atoms with Crippen molar-refractivity contribution < 1.29 is 18.0 Å². The van der Waals surface area contributed by atoms with Gasteiger partial charge in [-0.25, -0.2) is 18.1 Å². The van der Waals surface area contributed by atoms with Crippen LogP contribution in [0.25, 0.3) is 5.82 Å². The van der Waals surface area contributed by atoms with E-state index in [-0.39, 0.29) is 33.2 Å². The van der Waals surface area contributed by atoms with E-state index >= 15 is 0 Å². The van der Waals surface area contributed by atoms with Crippen molar-refractivity contribution >= 4 is 27.3 Å². The van der Waals surface area contributed by atoms with Crippen LogP contribution in [0.15, 0.2) is 83.0 Å². The number of hydrogen-bond donors (Lipinski definition) is 2. The molecule has 2 aromatic heterocycles. The van der Waals surface area contributed by atoms with Gasteiger partial charge in [0.1, 0.15) is 0 Å². The van der Waals surface area contributed by atoms with Gasteiger partial charge >= 0.3 is 0 Å². The fourth-order valence-electron chi connectivity index (χ4n) is 3.84. The van der Waals surface area contributed by atoms with Crippen molar-refractivity contribution in [2.75, 3.05) is 5.32 Å². The molecule has 0 saturated carbocycles. The van der Waals surface area contributed by atoms with E-state index in [0.717, 1.165) is 5.56 Å². The number of anilines is 1. The van der Waals surface area contributed by atoms with Crippen molar-refractivity contribution in [3.05, 3.63) is 95.4 Å². The minimum atomic E-state index is -3.95. The van der Waals surface area contributed by atoms with Gasteiger partial charge in [-0.1, -0.05) is 18.2 Å². The number of carbonyl (C=O) groups is 2. The smallest absolute Gasteiger partial charge is 0.257 e. The second-order valence-electron chi connectivity index (χ2n) is 7.73. The van der Waals surface area contributed by atoms with Gasteiger partial charge in [-0.05, 0) is 48.9 Å². The zero-order chi connectivity index (χ0) is 23.9. The van der Waals surface area contributed by atoms with E-state index in [4.69, 9.17) is 0 Å². The summed E-state index contributed by atoms with van der Waals surface area (Å²) in [5.41, 5.74) is 1.56. The number of pyridine rings is 1. The van der Waals surface area contributed by atoms with E-state index in [1.165, 1.54) is 24.3 Å². The molecule has 0 spiro atoms. The molecule has 4 aromatic rings. The maximum atomic E-state index is 13.2. The van der Waals surface area contributed by atoms with E-state index in [1.807, 2.05) is 18.2 Å². The van der Waals surface area contributed by atoms with E-state index in [0.29, 0.717) is 11.4 Å². The summed E-state index contributed by atoms with van der Waals surface area (Å²) in [6.07, 6.45) is 5.05. The number of carbonyl (C=O) groups excluding carboxylic acids is 2. The Morgan fingerprint density at radius 3 is 2.65 bits per heavy atom. The first-order valence-electron chi connectivity index (χ1n) is 10.4. The Bertz CT molecular complexity index is 1540. The lowest BCUT2D eigenvalue weighted by atomic mass is 10.1. The van der Waals surface area contributed by atoms with Crippen LogP contribution in [-0.4, -0.2) is 35.0 Å². The predicted molar refractivity (Wildman–Crippen MR) is 124 cm³/mol. The molecule has 9 nitrogen and oxygen atoms in total. The number of nitrogens with zero attached hydrogens (tertiary/aromatic N) is 3. The standard InChI is InChI=1S/C24H19N5O4S/c1-15-17(23(30)26-12-16-13-27-29(14-16)21-8-4-5-11-25-21)9-10-20-22(15)28-24(31)18-6-2-3-7-19(18)34(20,32)33/h2-11,13-14H,12H2,1H3,(H,26,30)(H,28,31). The van der Waals surface area contributed by atoms with Crippen LogP contribution in [0, 0.1) is 6.92 Å². The van der Waals surface area contributed by atoms with Crippen LogP contribution in [-0.2, 0) is 16.4 Å². The summed E-state index contributed by atoms with van der Waals surface area (Å²) in [4.78, 5) is 29.8. The van der Waals surface area contributed by atoms with Gasteiger partial charge in [0.15, 0.2) is 5.82 Å². The van der Waals surface area contributed by atoms with Crippen LogP contribution >= 0.6 is 0 Å². The van der Waals surface area contributed by atoms with Crippen LogP contribution in [0.2, 0.25) is 0 Å². The van der Waals surface area contributed by atoms with Crippen LogP contribution < -0.4 is 10.6 Å². The lowest BCUT2D eigenvalue weighted by Crippen LogP contribution is -2.24. The van der Waals surface area contributed by atoms with Crippen LogP contribution in [0.1, 0.15) is 31.8 Å². The molecule has 0 radical (unpaired) electrons. The Hall–Kier alpha value is -4.31. The summed E-state index contributed by atoms with van der Waals surface area (Å²) in [6, 6.07) is 14.3. The van der Waals surface area contributed by atoms with E-state index in [9.17, 15) is 18.0 Å². The van der Waals surface area contributed by atoms with Crippen molar-refractivity contribution in [1.82, 2.24) is 20.1 Å². The molecule has 0 aliphatic carbocycles. The molecule has 5 rings (SSSR count). The summed E-state index contributed by atoms with van der Waals surface area (Å²) < 4.78 is 28.0. The summed E-state index contributed by atoms with van der Waals surface area (Å²) in [5.74, 6) is -0.292. The van der Waals surface area contributed by atoms with Gasteiger partial charge in [-0.3, -0.25) is 9.59 Å². The Balaban J connectivity index is 1.41. The van der Waals surface area contributed by atoms with E-state index < -0.39 is 21.7 Å². The largest absolute Gasteiger partial charge is 0.348 e. The van der Waals surface area contributed by atoms with Crippen LogP contribution in [0.5, 0.6) is 0 Å². The highest BCUT2D eigenvalue weighted by molar-refractivity contribution is 7.91. The summed E-state index contributed by atoms with van der Waals surface area (Å²) in [6.45, 7) is 1.82. The van der Waals surface area contributed by atoms with Gasteiger partial charge in [-0.15, -0.1) is 0 Å². The fraction of sp³-hybridized carbons (Fsp3) is 0.0833. The highest BCUT2D eigenvalue weighted by Gasteiger charge is 2.32. The molecule has 2 aromatic carbocycles. The van der Waals surface area contributed by atoms with Gasteiger partial charge in [0.2, 0.25) is 9.84 Å². The van der Waals surface area contributed by atoms with Gasteiger partial charge < -0.3 is 10.6 Å². The number of sulfone groups is 1. The SMILES string of the molecule is Cc1c(C(=O)NCc2cnn(-c3ccccn3)c2)ccc2c1NC(=O)c1ccccc1S2(=O)=O. The Kier molecular flexibility index (Phi) is 5.21. The predicted octanol–water partition coefficient (Wildman–Crippen LogP) is 2.90. The maximum Gasteiger partial charge on any atom is 0.257 e. The molecule has 10 heteroatoms. The second kappa shape index (κ2) is 8.23. The van der Waals surface area contributed by atoms with E-state index in [2.05, 4.69) is 20.7 Å². The normalized spacial score (nSPS) is 13.9. The molecule has 0 atom stereocenters. The minimum absolute atomic E-state index is 0.0449. The monoisotopic (exact) mass is 473 g/mol. The van der Waals surface area contributed by atoms with E-state index in [1.54, 1.807) is 42.3 Å². The fourth-order valence-corrected chi connectivity index (χ4v) is 5.51. The number of nitrogens with one attached hydrogen (secondary N) is 2. The molecule has 1 aliphatic heterocycles. The number of hydrogen-bond acceptors (Lipinski definition) is 6. The lowest BCUT2D eigenvalue weighted by Gasteiger charge is -2.14. The molecule has 2 N–H and O–H groups in total. The third kappa shape index (κ3) is 3.63. The molecule has 34 heavy (non-hydrogen) atoms. The molecular weight excluding hydrogens is 454 g/mol. The Morgan fingerprint density at radius 1 is 1.06 bits per heavy atom. The zero-order valence-corrected chi connectivity index (χ0v) is 18.8. The average molecular weight is 474 g/mol. The quantitative estimate of drug-likeness (QED) is 0.470. The van der Waals surface area contributed by atoms with Crippen molar-refractivity contribution in [1.29, 1.82) is 0 Å². The summed E-state index contributed by atoms with van der Waals surface area (Å²) in [7, 11) is -3.95. The molecule has 0 bridgehead atoms. The van der Waals surface area contributed by atoms with Gasteiger partial charge in [-0.2, -0.15) is 5.10 Å².